The molecule has 2 aromatic rings. The molecule has 0 bridgehead atoms. The lowest BCUT2D eigenvalue weighted by Crippen LogP contribution is -2.48. The molecular formula is C28H36N4O7. The van der Waals surface area contributed by atoms with Crippen molar-refractivity contribution in [3.8, 4) is 5.75 Å². The quantitative estimate of drug-likeness (QED) is 0.260. The summed E-state index contributed by atoms with van der Waals surface area (Å²) in [5.41, 5.74) is 0.982. The normalized spacial score (nSPS) is 15.8. The van der Waals surface area contributed by atoms with Gasteiger partial charge in [-0.3, -0.25) is 19.2 Å². The Kier molecular flexibility index (Phi) is 10.2. The minimum absolute atomic E-state index is 0.00767. The molecule has 2 heterocycles. The van der Waals surface area contributed by atoms with E-state index in [1.54, 1.807) is 32.2 Å². The zero-order valence-electron chi connectivity index (χ0n) is 22.7. The number of H-pyrrole nitrogens is 1. The van der Waals surface area contributed by atoms with Gasteiger partial charge < -0.3 is 30.0 Å². The Morgan fingerprint density at radius 3 is 2.62 bits per heavy atom. The maximum absolute atomic E-state index is 13.5. The number of methoxy groups -OCH3 is 1. The van der Waals surface area contributed by atoms with Gasteiger partial charge in [-0.1, -0.05) is 19.9 Å². The molecule has 1 aliphatic rings. The second-order valence-electron chi connectivity index (χ2n) is 9.81. The minimum atomic E-state index is -0.882. The van der Waals surface area contributed by atoms with E-state index in [1.165, 1.54) is 4.90 Å². The van der Waals surface area contributed by atoms with E-state index >= 15 is 0 Å². The molecule has 0 saturated carbocycles. The van der Waals surface area contributed by atoms with E-state index in [1.807, 2.05) is 19.9 Å². The highest BCUT2D eigenvalue weighted by atomic mass is 16.5. The van der Waals surface area contributed by atoms with Gasteiger partial charge in [0.25, 0.3) is 5.91 Å². The van der Waals surface area contributed by atoms with Gasteiger partial charge in [0, 0.05) is 36.1 Å². The molecule has 11 heteroatoms. The van der Waals surface area contributed by atoms with Crippen molar-refractivity contribution in [2.24, 2.45) is 11.8 Å². The number of aromatic nitrogens is 1. The molecule has 1 saturated heterocycles. The Labute approximate surface area is 227 Å². The van der Waals surface area contributed by atoms with Gasteiger partial charge in [0.1, 0.15) is 11.4 Å². The van der Waals surface area contributed by atoms with Crippen molar-refractivity contribution < 1.29 is 33.4 Å². The molecule has 0 radical (unpaired) electrons. The summed E-state index contributed by atoms with van der Waals surface area (Å²) < 4.78 is 10.2. The number of hydrogen-bond acceptors (Lipinski definition) is 7. The summed E-state index contributed by atoms with van der Waals surface area (Å²) in [4.78, 5) is 67.8. The van der Waals surface area contributed by atoms with Crippen molar-refractivity contribution in [1.82, 2.24) is 20.5 Å². The standard InChI is InChI=1S/C28H36N4O7/c1-5-39-26(35)10-9-25(34)32(15-18-11-12-29-27(18)36)16-23(33)21(13-17(2)3)31-28(37)22-14-19-20(30-22)7-6-8-24(19)38-4/h6-10,14,17-18,21,30H,5,11-13,15-16H2,1-4H3,(H,29,36)(H,31,37)/b10-9+/t18-,21-/m0/s1. The highest BCUT2D eigenvalue weighted by Gasteiger charge is 2.31. The number of aromatic amines is 1. The van der Waals surface area contributed by atoms with E-state index in [0.29, 0.717) is 30.7 Å². The zero-order valence-corrected chi connectivity index (χ0v) is 22.7. The lowest BCUT2D eigenvalue weighted by molar-refractivity contribution is -0.138. The van der Waals surface area contributed by atoms with Crippen LogP contribution in [0.5, 0.6) is 5.75 Å². The van der Waals surface area contributed by atoms with Crippen molar-refractivity contribution in [2.45, 2.75) is 39.7 Å². The largest absolute Gasteiger partial charge is 0.496 e. The van der Waals surface area contributed by atoms with E-state index in [0.717, 1.165) is 17.5 Å². The van der Waals surface area contributed by atoms with Gasteiger partial charge in [0.15, 0.2) is 5.78 Å². The van der Waals surface area contributed by atoms with Gasteiger partial charge in [-0.2, -0.15) is 0 Å². The molecule has 1 aromatic heterocycles. The highest BCUT2D eigenvalue weighted by Crippen LogP contribution is 2.26. The van der Waals surface area contributed by atoms with Crippen LogP contribution < -0.4 is 15.4 Å². The van der Waals surface area contributed by atoms with Crippen LogP contribution in [-0.4, -0.2) is 78.8 Å². The molecule has 3 rings (SSSR count). The first kappa shape index (κ1) is 29.4. The highest BCUT2D eigenvalue weighted by molar-refractivity contribution is 6.02. The predicted molar refractivity (Wildman–Crippen MR) is 144 cm³/mol. The number of nitrogens with zero attached hydrogens (tertiary/aromatic N) is 1. The first-order valence-electron chi connectivity index (χ1n) is 13.0. The third-order valence-electron chi connectivity index (χ3n) is 6.40. The Bertz CT molecular complexity index is 1250. The molecule has 39 heavy (non-hydrogen) atoms. The third-order valence-corrected chi connectivity index (χ3v) is 6.40. The first-order chi connectivity index (χ1) is 18.6. The van der Waals surface area contributed by atoms with Crippen LogP contribution in [0, 0.1) is 11.8 Å². The number of ketones is 1. The van der Waals surface area contributed by atoms with Gasteiger partial charge in [-0.15, -0.1) is 0 Å². The predicted octanol–water partition coefficient (Wildman–Crippen LogP) is 1.97. The average molecular weight is 541 g/mol. The van der Waals surface area contributed by atoms with Crippen LogP contribution in [0.3, 0.4) is 0 Å². The summed E-state index contributed by atoms with van der Waals surface area (Å²) in [5.74, 6) is -2.14. The van der Waals surface area contributed by atoms with Crippen molar-refractivity contribution in [3.05, 3.63) is 42.1 Å². The van der Waals surface area contributed by atoms with Gasteiger partial charge in [0.2, 0.25) is 11.8 Å². The van der Waals surface area contributed by atoms with Crippen molar-refractivity contribution >= 4 is 40.4 Å². The lowest BCUT2D eigenvalue weighted by atomic mass is 9.99. The Morgan fingerprint density at radius 2 is 1.97 bits per heavy atom. The summed E-state index contributed by atoms with van der Waals surface area (Å²) in [6.07, 6.45) is 2.90. The third kappa shape index (κ3) is 7.92. The van der Waals surface area contributed by atoms with Crippen LogP contribution in [0.2, 0.25) is 0 Å². The number of carbonyl (C=O) groups is 5. The first-order valence-corrected chi connectivity index (χ1v) is 13.0. The number of ether oxygens (including phenoxy) is 2. The smallest absolute Gasteiger partial charge is 0.330 e. The number of esters is 1. The van der Waals surface area contributed by atoms with Gasteiger partial charge in [-0.25, -0.2) is 4.79 Å². The van der Waals surface area contributed by atoms with E-state index in [9.17, 15) is 24.0 Å². The van der Waals surface area contributed by atoms with Gasteiger partial charge >= 0.3 is 5.97 Å². The van der Waals surface area contributed by atoms with Gasteiger partial charge in [-0.05, 0) is 43.9 Å². The van der Waals surface area contributed by atoms with Crippen molar-refractivity contribution in [2.75, 3.05) is 33.4 Å². The number of Topliss-reactive ketones (excluding diaryl/α,β-unsaturated/α-hetero) is 1. The summed E-state index contributed by atoms with van der Waals surface area (Å²) in [5, 5.41) is 6.26. The molecule has 11 nitrogen and oxygen atoms in total. The maximum Gasteiger partial charge on any atom is 0.330 e. The van der Waals surface area contributed by atoms with Crippen LogP contribution >= 0.6 is 0 Å². The second kappa shape index (κ2) is 13.6. The Hall–Kier alpha value is -4.15. The second-order valence-corrected chi connectivity index (χ2v) is 9.81. The van der Waals surface area contributed by atoms with E-state index in [4.69, 9.17) is 9.47 Å². The van der Waals surface area contributed by atoms with Crippen LogP contribution in [0.1, 0.15) is 44.1 Å². The van der Waals surface area contributed by atoms with E-state index in [-0.39, 0.29) is 43.0 Å². The summed E-state index contributed by atoms with van der Waals surface area (Å²) >= 11 is 0. The number of rotatable bonds is 13. The number of amides is 3. The Morgan fingerprint density at radius 1 is 1.21 bits per heavy atom. The minimum Gasteiger partial charge on any atom is -0.496 e. The molecule has 1 aromatic carbocycles. The average Bonchev–Trinajstić information content (AvgIpc) is 3.52. The SMILES string of the molecule is CCOC(=O)/C=C/C(=O)N(CC(=O)[C@H](CC(C)C)NC(=O)c1cc2c(OC)cccc2[nH]1)C[C@@H]1CCNC1=O. The summed E-state index contributed by atoms with van der Waals surface area (Å²) in [6, 6.07) is 6.19. The molecule has 3 N–H and O–H groups in total. The van der Waals surface area contributed by atoms with Crippen molar-refractivity contribution in [1.29, 1.82) is 0 Å². The lowest BCUT2D eigenvalue weighted by Gasteiger charge is -2.26. The molecule has 1 fully saturated rings. The molecule has 0 unspecified atom stereocenters. The molecule has 0 spiro atoms. The molecule has 3 amide bonds. The van der Waals surface area contributed by atoms with Crippen LogP contribution in [0.25, 0.3) is 10.9 Å². The van der Waals surface area contributed by atoms with E-state index < -0.39 is 29.7 Å². The van der Waals surface area contributed by atoms with Crippen LogP contribution in [0.15, 0.2) is 36.4 Å². The Balaban J connectivity index is 1.79. The molecule has 2 atom stereocenters. The fourth-order valence-electron chi connectivity index (χ4n) is 4.46. The molecule has 1 aliphatic heterocycles. The molecule has 0 aliphatic carbocycles. The van der Waals surface area contributed by atoms with Crippen LogP contribution in [0.4, 0.5) is 0 Å². The zero-order chi connectivity index (χ0) is 28.5. The van der Waals surface area contributed by atoms with Crippen molar-refractivity contribution in [3.63, 3.8) is 0 Å². The molecule has 210 valence electrons. The summed E-state index contributed by atoms with van der Waals surface area (Å²) in [7, 11) is 1.54. The van der Waals surface area contributed by atoms with E-state index in [2.05, 4.69) is 15.6 Å². The van der Waals surface area contributed by atoms with Crippen LogP contribution in [-0.2, 0) is 23.9 Å². The maximum atomic E-state index is 13.5. The molecular weight excluding hydrogens is 504 g/mol. The van der Waals surface area contributed by atoms with Gasteiger partial charge in [0.05, 0.1) is 32.2 Å². The number of nitrogens with one attached hydrogen (secondary N) is 3. The number of carbonyl (C=O) groups excluding carboxylic acids is 5. The summed E-state index contributed by atoms with van der Waals surface area (Å²) in [6.45, 7) is 5.80. The fourth-order valence-corrected chi connectivity index (χ4v) is 4.46. The number of benzene rings is 1. The fraction of sp³-hybridized carbons (Fsp3) is 0.464. The number of hydrogen-bond donors (Lipinski definition) is 3. The topological polar surface area (TPSA) is 147 Å². The number of fused-ring (bicyclic) bond motifs is 1. The monoisotopic (exact) mass is 540 g/mol.